The maximum absolute atomic E-state index is 14.1. The van der Waals surface area contributed by atoms with Crippen molar-refractivity contribution in [1.82, 2.24) is 10.2 Å². The molecule has 0 unspecified atom stereocenters. The van der Waals surface area contributed by atoms with Crippen LogP contribution in [-0.4, -0.2) is 57.1 Å². The predicted molar refractivity (Wildman–Crippen MR) is 165 cm³/mol. The van der Waals surface area contributed by atoms with E-state index in [4.69, 9.17) is 4.74 Å². The van der Waals surface area contributed by atoms with Gasteiger partial charge in [-0.1, -0.05) is 44.2 Å². The van der Waals surface area contributed by atoms with Crippen LogP contribution in [0.1, 0.15) is 39.2 Å². The molecule has 1 N–H and O–H groups in total. The molecule has 3 aromatic rings. The smallest absolute Gasteiger partial charge is 0.264 e. The Kier molecular flexibility index (Phi) is 12.1. The van der Waals surface area contributed by atoms with Crippen molar-refractivity contribution in [2.75, 3.05) is 30.3 Å². The van der Waals surface area contributed by atoms with Gasteiger partial charge in [0.2, 0.25) is 11.8 Å². The van der Waals surface area contributed by atoms with Gasteiger partial charge >= 0.3 is 0 Å². The number of hydrogen-bond donors (Lipinski definition) is 1. The molecule has 3 aromatic carbocycles. The summed E-state index contributed by atoms with van der Waals surface area (Å²) in [5, 5.41) is 2.89. The van der Waals surface area contributed by atoms with Crippen LogP contribution in [0.3, 0.4) is 0 Å². The highest BCUT2D eigenvalue weighted by Crippen LogP contribution is 2.28. The van der Waals surface area contributed by atoms with E-state index in [2.05, 4.69) is 5.32 Å². The fourth-order valence-electron chi connectivity index (χ4n) is 4.34. The van der Waals surface area contributed by atoms with E-state index >= 15 is 0 Å². The minimum Gasteiger partial charge on any atom is -0.494 e. The van der Waals surface area contributed by atoms with E-state index in [9.17, 15) is 18.0 Å². The number of carbonyl (C=O) groups excluding carboxylic acids is 2. The Hall–Kier alpha value is -3.50. The van der Waals surface area contributed by atoms with E-state index in [-0.39, 0.29) is 17.3 Å². The van der Waals surface area contributed by atoms with Crippen LogP contribution in [0.25, 0.3) is 0 Å². The quantitative estimate of drug-likeness (QED) is 0.238. The summed E-state index contributed by atoms with van der Waals surface area (Å²) >= 11 is 1.51. The number of rotatable bonds is 15. The number of nitrogens with one attached hydrogen (secondary N) is 1. The minimum absolute atomic E-state index is 0.0688. The van der Waals surface area contributed by atoms with Crippen LogP contribution in [-0.2, 0) is 26.2 Å². The molecule has 0 aromatic heterocycles. The number of hydrogen-bond acceptors (Lipinski definition) is 6. The summed E-state index contributed by atoms with van der Waals surface area (Å²) in [5.41, 5.74) is 1.16. The van der Waals surface area contributed by atoms with E-state index in [1.54, 1.807) is 48.5 Å². The van der Waals surface area contributed by atoms with Crippen LogP contribution in [0, 0.1) is 0 Å². The lowest BCUT2D eigenvalue weighted by Crippen LogP contribution is -2.52. The van der Waals surface area contributed by atoms with E-state index in [1.807, 2.05) is 57.4 Å². The molecule has 0 saturated carbocycles. The molecule has 0 fully saturated rings. The van der Waals surface area contributed by atoms with Gasteiger partial charge in [0.05, 0.1) is 17.2 Å². The molecule has 0 aliphatic heterocycles. The summed E-state index contributed by atoms with van der Waals surface area (Å²) < 4.78 is 34.7. The van der Waals surface area contributed by atoms with Crippen molar-refractivity contribution < 1.29 is 22.7 Å². The molecule has 0 radical (unpaired) electrons. The second-order valence-corrected chi connectivity index (χ2v) is 12.1. The predicted octanol–water partition coefficient (Wildman–Crippen LogP) is 5.34. The Morgan fingerprint density at radius 2 is 1.59 bits per heavy atom. The van der Waals surface area contributed by atoms with Crippen molar-refractivity contribution in [2.24, 2.45) is 0 Å². The molecule has 0 heterocycles. The maximum Gasteiger partial charge on any atom is 0.264 e. The zero-order chi connectivity index (χ0) is 29.8. The number of ether oxygens (including phenoxy) is 1. The normalized spacial score (nSPS) is 11.9. The van der Waals surface area contributed by atoms with Crippen molar-refractivity contribution in [3.63, 3.8) is 0 Å². The summed E-state index contributed by atoms with van der Waals surface area (Å²) in [7, 11) is -4.14. The molecular formula is C31H39N3O5S2. The summed E-state index contributed by atoms with van der Waals surface area (Å²) in [6.45, 7) is 6.30. The number of thioether (sulfide) groups is 1. The number of amides is 2. The largest absolute Gasteiger partial charge is 0.494 e. The molecule has 0 spiro atoms. The van der Waals surface area contributed by atoms with Crippen molar-refractivity contribution in [3.8, 4) is 5.75 Å². The lowest BCUT2D eigenvalue weighted by Gasteiger charge is -2.33. The van der Waals surface area contributed by atoms with Crippen molar-refractivity contribution in [2.45, 2.75) is 56.0 Å². The van der Waals surface area contributed by atoms with Gasteiger partial charge in [-0.05, 0) is 80.1 Å². The van der Waals surface area contributed by atoms with Crippen molar-refractivity contribution >= 4 is 39.3 Å². The lowest BCUT2D eigenvalue weighted by molar-refractivity contribution is -0.140. The minimum atomic E-state index is -4.14. The molecule has 0 aliphatic rings. The second-order valence-electron chi connectivity index (χ2n) is 9.34. The van der Waals surface area contributed by atoms with Gasteiger partial charge in [-0.3, -0.25) is 13.9 Å². The standard InChI is InChI=1S/C31H39N3O5S2/c1-5-21-32-31(36)29(6-2)33(22-24-11-9-8-10-12-24)30(35)23-34(25-13-15-26(16-14-25)39-7-3)41(37,38)28-19-17-27(40-4)18-20-28/h8-20,29H,5-7,21-23H2,1-4H3,(H,32,36)/t29-/m1/s1. The van der Waals surface area contributed by atoms with Crippen LogP contribution in [0.15, 0.2) is 88.7 Å². The molecule has 2 amide bonds. The molecule has 0 bridgehead atoms. The molecule has 41 heavy (non-hydrogen) atoms. The molecule has 8 nitrogen and oxygen atoms in total. The van der Waals surface area contributed by atoms with Crippen molar-refractivity contribution in [3.05, 3.63) is 84.4 Å². The van der Waals surface area contributed by atoms with E-state index in [0.717, 1.165) is 21.2 Å². The topological polar surface area (TPSA) is 96.0 Å². The van der Waals surface area contributed by atoms with Crippen molar-refractivity contribution in [1.29, 1.82) is 0 Å². The Labute approximate surface area is 248 Å². The Bertz CT molecular complexity index is 1370. The molecule has 10 heteroatoms. The third-order valence-electron chi connectivity index (χ3n) is 6.49. The van der Waals surface area contributed by atoms with Gasteiger partial charge in [-0.25, -0.2) is 8.42 Å². The molecule has 1 atom stereocenters. The van der Waals surface area contributed by atoms with Crippen LogP contribution >= 0.6 is 11.8 Å². The SMILES string of the molecule is CCCNC(=O)[C@@H](CC)N(Cc1ccccc1)C(=O)CN(c1ccc(OCC)cc1)S(=O)(=O)c1ccc(SC)cc1. The fourth-order valence-corrected chi connectivity index (χ4v) is 6.17. The molecular weight excluding hydrogens is 558 g/mol. The molecule has 0 saturated heterocycles. The first-order valence-electron chi connectivity index (χ1n) is 13.8. The fraction of sp³-hybridized carbons (Fsp3) is 0.355. The van der Waals surface area contributed by atoms with Crippen LogP contribution in [0.5, 0.6) is 5.75 Å². The van der Waals surface area contributed by atoms with E-state index < -0.39 is 28.5 Å². The summed E-state index contributed by atoms with van der Waals surface area (Å²) in [4.78, 5) is 29.7. The Morgan fingerprint density at radius 1 is 0.927 bits per heavy atom. The Balaban J connectivity index is 2.04. The van der Waals surface area contributed by atoms with Gasteiger partial charge in [0.15, 0.2) is 0 Å². The van der Waals surface area contributed by atoms with Gasteiger partial charge in [-0.2, -0.15) is 0 Å². The second kappa shape index (κ2) is 15.5. The zero-order valence-corrected chi connectivity index (χ0v) is 25.7. The summed E-state index contributed by atoms with van der Waals surface area (Å²) in [5.74, 6) is -0.152. The van der Waals surface area contributed by atoms with Crippen LogP contribution in [0.4, 0.5) is 5.69 Å². The number of sulfonamides is 1. The van der Waals surface area contributed by atoms with Crippen LogP contribution < -0.4 is 14.4 Å². The third-order valence-corrected chi connectivity index (χ3v) is 9.02. The molecule has 3 rings (SSSR count). The van der Waals surface area contributed by atoms with Gasteiger partial charge in [0, 0.05) is 18.0 Å². The highest BCUT2D eigenvalue weighted by atomic mass is 32.2. The highest BCUT2D eigenvalue weighted by molar-refractivity contribution is 7.98. The van der Waals surface area contributed by atoms with Gasteiger partial charge in [0.1, 0.15) is 18.3 Å². The van der Waals surface area contributed by atoms with Gasteiger partial charge < -0.3 is 15.0 Å². The highest BCUT2D eigenvalue weighted by Gasteiger charge is 2.33. The van der Waals surface area contributed by atoms with E-state index in [1.165, 1.54) is 16.7 Å². The molecule has 220 valence electrons. The first-order valence-corrected chi connectivity index (χ1v) is 16.4. The average molecular weight is 598 g/mol. The third kappa shape index (κ3) is 8.50. The average Bonchev–Trinajstić information content (AvgIpc) is 2.99. The van der Waals surface area contributed by atoms with Crippen LogP contribution in [0.2, 0.25) is 0 Å². The monoisotopic (exact) mass is 597 g/mol. The zero-order valence-electron chi connectivity index (χ0n) is 24.1. The summed E-state index contributed by atoms with van der Waals surface area (Å²) in [6, 6.07) is 21.8. The molecule has 0 aliphatic carbocycles. The first-order chi connectivity index (χ1) is 19.7. The first kappa shape index (κ1) is 32.0. The maximum atomic E-state index is 14.1. The van der Waals surface area contributed by atoms with Gasteiger partial charge in [0.25, 0.3) is 10.0 Å². The number of benzene rings is 3. The lowest BCUT2D eigenvalue weighted by atomic mass is 10.1. The number of nitrogens with zero attached hydrogens (tertiary/aromatic N) is 2. The summed E-state index contributed by atoms with van der Waals surface area (Å²) in [6.07, 6.45) is 3.05. The van der Waals surface area contributed by atoms with Gasteiger partial charge in [-0.15, -0.1) is 11.8 Å². The number of anilines is 1. The van der Waals surface area contributed by atoms with E-state index in [0.29, 0.717) is 31.0 Å². The Morgan fingerprint density at radius 3 is 2.15 bits per heavy atom. The number of carbonyl (C=O) groups is 2.